The first-order valence-corrected chi connectivity index (χ1v) is 2.11. The molecule has 46 valence electrons. The Hall–Kier alpha value is -1.06. The van der Waals surface area contributed by atoms with Crippen LogP contribution in [0.2, 0.25) is 0 Å². The SMILES string of the molecule is CC(=O)NN=C(C)[O-]. The fourth-order valence-electron chi connectivity index (χ4n) is 0.157. The van der Waals surface area contributed by atoms with Crippen LogP contribution in [0.25, 0.3) is 0 Å². The van der Waals surface area contributed by atoms with Crippen molar-refractivity contribution >= 4 is 11.8 Å². The summed E-state index contributed by atoms with van der Waals surface area (Å²) in [6.07, 6.45) is 0. The molecule has 0 aromatic carbocycles. The Bertz CT molecular complexity index is 115. The lowest BCUT2D eigenvalue weighted by Gasteiger charge is -1.99. The molecular formula is C4H7N2O2-. The molecule has 0 aliphatic rings. The molecule has 4 nitrogen and oxygen atoms in total. The van der Waals surface area contributed by atoms with Gasteiger partial charge < -0.3 is 5.11 Å². The molecule has 1 N–H and O–H groups in total. The zero-order valence-electron chi connectivity index (χ0n) is 4.76. The third-order valence-corrected chi connectivity index (χ3v) is 0.371. The molecule has 0 saturated carbocycles. The fourth-order valence-corrected chi connectivity index (χ4v) is 0.157. The minimum atomic E-state index is -0.403. The molecule has 8 heavy (non-hydrogen) atoms. The molecule has 0 fully saturated rings. The largest absolute Gasteiger partial charge is 0.861 e. The van der Waals surface area contributed by atoms with E-state index in [4.69, 9.17) is 0 Å². The highest BCUT2D eigenvalue weighted by Gasteiger charge is 1.79. The molecule has 0 bridgehead atoms. The van der Waals surface area contributed by atoms with Gasteiger partial charge in [0, 0.05) is 6.92 Å². The first kappa shape index (κ1) is 6.94. The predicted molar refractivity (Wildman–Crippen MR) is 26.9 cm³/mol. The van der Waals surface area contributed by atoms with Gasteiger partial charge in [-0.25, -0.2) is 5.43 Å². The van der Waals surface area contributed by atoms with Gasteiger partial charge in [0.2, 0.25) is 5.91 Å². The van der Waals surface area contributed by atoms with Crippen molar-refractivity contribution in [3.05, 3.63) is 0 Å². The van der Waals surface area contributed by atoms with Crippen LogP contribution in [0.5, 0.6) is 0 Å². The summed E-state index contributed by atoms with van der Waals surface area (Å²) in [5, 5.41) is 13.1. The van der Waals surface area contributed by atoms with Crippen molar-refractivity contribution in [2.24, 2.45) is 5.10 Å². The Morgan fingerprint density at radius 1 is 1.62 bits per heavy atom. The molecular weight excluding hydrogens is 108 g/mol. The summed E-state index contributed by atoms with van der Waals surface area (Å²) in [6.45, 7) is 2.54. The summed E-state index contributed by atoms with van der Waals surface area (Å²) < 4.78 is 0. The van der Waals surface area contributed by atoms with E-state index in [1.165, 1.54) is 13.8 Å². The quantitative estimate of drug-likeness (QED) is 0.265. The molecule has 0 spiro atoms. The average Bonchev–Trinajstić information content (AvgIpc) is 1.61. The number of hydrogen-bond acceptors (Lipinski definition) is 3. The first-order valence-electron chi connectivity index (χ1n) is 2.11. The second-order valence-electron chi connectivity index (χ2n) is 1.30. The Morgan fingerprint density at radius 2 is 2.12 bits per heavy atom. The van der Waals surface area contributed by atoms with Crippen LogP contribution in [-0.2, 0) is 4.79 Å². The van der Waals surface area contributed by atoms with Crippen LogP contribution in [0.15, 0.2) is 5.10 Å². The molecule has 0 radical (unpaired) electrons. The normalized spacial score (nSPS) is 11.0. The van der Waals surface area contributed by atoms with Crippen LogP contribution >= 0.6 is 0 Å². The summed E-state index contributed by atoms with van der Waals surface area (Å²) >= 11 is 0. The lowest BCUT2D eigenvalue weighted by Crippen LogP contribution is -2.20. The van der Waals surface area contributed by atoms with Gasteiger partial charge in [0.15, 0.2) is 0 Å². The van der Waals surface area contributed by atoms with Gasteiger partial charge in [0.05, 0.1) is 0 Å². The zero-order valence-corrected chi connectivity index (χ0v) is 4.76. The molecule has 0 heterocycles. The standard InChI is InChI=1S/C4H8N2O2/c1-3(7)5-6-4(2)8/h1-2H3,(H,5,7)(H,6,8)/p-1. The molecule has 4 heteroatoms. The Morgan fingerprint density at radius 3 is 2.25 bits per heavy atom. The summed E-state index contributed by atoms with van der Waals surface area (Å²) in [5.74, 6) is -0.736. The monoisotopic (exact) mass is 115 g/mol. The van der Waals surface area contributed by atoms with Crippen molar-refractivity contribution in [3.8, 4) is 0 Å². The van der Waals surface area contributed by atoms with Crippen molar-refractivity contribution in [3.63, 3.8) is 0 Å². The van der Waals surface area contributed by atoms with E-state index in [1.807, 2.05) is 5.43 Å². The Labute approximate surface area is 47.2 Å². The van der Waals surface area contributed by atoms with Gasteiger partial charge in [0.25, 0.3) is 0 Å². The molecule has 0 aliphatic heterocycles. The molecule has 0 aromatic heterocycles. The van der Waals surface area contributed by atoms with Crippen molar-refractivity contribution < 1.29 is 9.90 Å². The molecule has 1 amide bonds. The van der Waals surface area contributed by atoms with Crippen LogP contribution in [0.4, 0.5) is 0 Å². The van der Waals surface area contributed by atoms with Gasteiger partial charge >= 0.3 is 0 Å². The summed E-state index contributed by atoms with van der Waals surface area (Å²) in [6, 6.07) is 0. The highest BCUT2D eigenvalue weighted by molar-refractivity contribution is 5.75. The number of carbonyl (C=O) groups excluding carboxylic acids is 1. The molecule has 0 unspecified atom stereocenters. The minimum absolute atomic E-state index is 0.333. The van der Waals surface area contributed by atoms with Gasteiger partial charge in [-0.3, -0.25) is 4.79 Å². The van der Waals surface area contributed by atoms with E-state index in [2.05, 4.69) is 5.10 Å². The van der Waals surface area contributed by atoms with E-state index in [1.54, 1.807) is 0 Å². The maximum absolute atomic E-state index is 9.99. The van der Waals surface area contributed by atoms with Crippen molar-refractivity contribution in [1.29, 1.82) is 0 Å². The lowest BCUT2D eigenvalue weighted by atomic mass is 10.7. The smallest absolute Gasteiger partial charge is 0.236 e. The van der Waals surface area contributed by atoms with Crippen molar-refractivity contribution in [2.45, 2.75) is 13.8 Å². The van der Waals surface area contributed by atoms with Crippen molar-refractivity contribution in [2.75, 3.05) is 0 Å². The van der Waals surface area contributed by atoms with E-state index < -0.39 is 5.90 Å². The van der Waals surface area contributed by atoms with E-state index in [0.717, 1.165) is 0 Å². The van der Waals surface area contributed by atoms with Gasteiger partial charge in [-0.1, -0.05) is 0 Å². The maximum atomic E-state index is 9.99. The van der Waals surface area contributed by atoms with Crippen LogP contribution in [0, 0.1) is 0 Å². The molecule has 0 aliphatic carbocycles. The number of nitrogens with zero attached hydrogens (tertiary/aromatic N) is 1. The third-order valence-electron chi connectivity index (χ3n) is 0.371. The number of amides is 1. The molecule has 0 saturated heterocycles. The fraction of sp³-hybridized carbons (Fsp3) is 0.500. The van der Waals surface area contributed by atoms with Crippen LogP contribution in [-0.4, -0.2) is 11.8 Å². The number of rotatable bonds is 1. The highest BCUT2D eigenvalue weighted by Crippen LogP contribution is 1.61. The van der Waals surface area contributed by atoms with Crippen LogP contribution in [0.1, 0.15) is 13.8 Å². The molecule has 0 aromatic rings. The van der Waals surface area contributed by atoms with E-state index in [-0.39, 0.29) is 5.91 Å². The second-order valence-corrected chi connectivity index (χ2v) is 1.30. The summed E-state index contributed by atoms with van der Waals surface area (Å²) in [5.41, 5.74) is 1.98. The van der Waals surface area contributed by atoms with Crippen LogP contribution in [0.3, 0.4) is 0 Å². The third kappa shape index (κ3) is 4.94. The number of hydrazone groups is 1. The van der Waals surface area contributed by atoms with E-state index >= 15 is 0 Å². The summed E-state index contributed by atoms with van der Waals surface area (Å²) in [4.78, 5) is 9.99. The number of nitrogens with one attached hydrogen (secondary N) is 1. The zero-order chi connectivity index (χ0) is 6.57. The number of carbonyl (C=O) groups is 1. The van der Waals surface area contributed by atoms with Gasteiger partial charge in [-0.15, -0.1) is 0 Å². The van der Waals surface area contributed by atoms with E-state index in [9.17, 15) is 9.90 Å². The second kappa shape index (κ2) is 3.01. The lowest BCUT2D eigenvalue weighted by molar-refractivity contribution is -0.216. The Balaban J connectivity index is 3.45. The molecule has 0 rings (SSSR count). The topological polar surface area (TPSA) is 64.5 Å². The van der Waals surface area contributed by atoms with Gasteiger partial charge in [0.1, 0.15) is 0 Å². The average molecular weight is 115 g/mol. The summed E-state index contributed by atoms with van der Waals surface area (Å²) in [7, 11) is 0. The predicted octanol–water partition coefficient (Wildman–Crippen LogP) is -1.18. The molecule has 0 atom stereocenters. The maximum Gasteiger partial charge on any atom is 0.236 e. The van der Waals surface area contributed by atoms with E-state index in [0.29, 0.717) is 0 Å². The van der Waals surface area contributed by atoms with Crippen molar-refractivity contribution in [1.82, 2.24) is 5.43 Å². The van der Waals surface area contributed by atoms with Crippen LogP contribution < -0.4 is 10.5 Å². The Kier molecular flexibility index (Phi) is 2.61. The highest BCUT2D eigenvalue weighted by atomic mass is 16.3. The van der Waals surface area contributed by atoms with Gasteiger partial charge in [-0.2, -0.15) is 5.10 Å². The number of hydrogen-bond donors (Lipinski definition) is 1. The first-order chi connectivity index (χ1) is 3.63. The van der Waals surface area contributed by atoms with Gasteiger partial charge in [-0.05, 0) is 12.8 Å². The minimum Gasteiger partial charge on any atom is -0.861 e.